The maximum absolute atomic E-state index is 12.4. The van der Waals surface area contributed by atoms with Gasteiger partial charge in [-0.1, -0.05) is 12.1 Å². The first-order valence-corrected chi connectivity index (χ1v) is 15.9. The second kappa shape index (κ2) is 15.4. The molecule has 4 aromatic rings. The molecule has 2 atom stereocenters. The largest absolute Gasteiger partial charge is 0.478 e. The van der Waals surface area contributed by atoms with Gasteiger partial charge in [0.1, 0.15) is 5.82 Å². The zero-order valence-corrected chi connectivity index (χ0v) is 26.7. The molecule has 0 unspecified atom stereocenters. The van der Waals surface area contributed by atoms with Crippen LogP contribution in [0.2, 0.25) is 0 Å². The molecule has 7 N–H and O–H groups in total. The minimum Gasteiger partial charge on any atom is -0.478 e. The topological polar surface area (TPSA) is 174 Å². The smallest absolute Gasteiger partial charge is 0.255 e. The van der Waals surface area contributed by atoms with Crippen molar-refractivity contribution in [3.05, 3.63) is 106 Å². The summed E-state index contributed by atoms with van der Waals surface area (Å²) in [6, 6.07) is 18.9. The summed E-state index contributed by atoms with van der Waals surface area (Å²) in [7, 11) is 0. The molecule has 11 nitrogen and oxygen atoms in total. The van der Waals surface area contributed by atoms with Crippen LogP contribution in [0.5, 0.6) is 5.88 Å². The number of aromatic nitrogens is 2. The molecule has 2 aromatic heterocycles. The van der Waals surface area contributed by atoms with Gasteiger partial charge < -0.3 is 32.2 Å². The summed E-state index contributed by atoms with van der Waals surface area (Å²) in [5.74, 6) is 0.180. The fraction of sp³-hybridized carbons (Fsp3) is 0.306. The Balaban J connectivity index is 0.000000185. The highest BCUT2D eigenvalue weighted by Crippen LogP contribution is 2.26. The van der Waals surface area contributed by atoms with Crippen LogP contribution in [0.3, 0.4) is 0 Å². The van der Waals surface area contributed by atoms with Gasteiger partial charge in [-0.3, -0.25) is 14.4 Å². The number of nitrogens with two attached hydrogens (primary N) is 2. The van der Waals surface area contributed by atoms with Crippen LogP contribution in [0.4, 0.5) is 17.2 Å². The predicted molar refractivity (Wildman–Crippen MR) is 183 cm³/mol. The van der Waals surface area contributed by atoms with E-state index >= 15 is 0 Å². The summed E-state index contributed by atoms with van der Waals surface area (Å²) in [6.45, 7) is 3.80. The molecule has 3 amide bonds. The normalized spacial score (nSPS) is 16.3. The van der Waals surface area contributed by atoms with Crippen LogP contribution in [-0.2, 0) is 30.5 Å². The van der Waals surface area contributed by atoms with Crippen LogP contribution in [-0.4, -0.2) is 46.4 Å². The Morgan fingerprint density at radius 1 is 0.723 bits per heavy atom. The van der Waals surface area contributed by atoms with E-state index in [0.29, 0.717) is 29.4 Å². The highest BCUT2D eigenvalue weighted by molar-refractivity contribution is 6.05. The maximum atomic E-state index is 12.4. The predicted octanol–water partition coefficient (Wildman–Crippen LogP) is 4.66. The van der Waals surface area contributed by atoms with Gasteiger partial charge in [0.2, 0.25) is 11.8 Å². The third-order valence-electron chi connectivity index (χ3n) is 8.08. The van der Waals surface area contributed by atoms with Gasteiger partial charge in [-0.15, -0.1) is 0 Å². The first kappa shape index (κ1) is 33.2. The average Bonchev–Trinajstić information content (AvgIpc) is 3.05. The first-order chi connectivity index (χ1) is 22.7. The monoisotopic (exact) mass is 635 g/mol. The maximum Gasteiger partial charge on any atom is 0.255 e. The van der Waals surface area contributed by atoms with E-state index in [1.165, 1.54) is 35.4 Å². The minimum atomic E-state index is -0.239. The van der Waals surface area contributed by atoms with Crippen molar-refractivity contribution in [3.8, 4) is 5.88 Å². The van der Waals surface area contributed by atoms with Crippen molar-refractivity contribution < 1.29 is 19.1 Å². The lowest BCUT2D eigenvalue weighted by Gasteiger charge is -2.22. The lowest BCUT2D eigenvalue weighted by atomic mass is 9.88. The van der Waals surface area contributed by atoms with Gasteiger partial charge in [-0.2, -0.15) is 0 Å². The molecular weight excluding hydrogens is 594 g/mol. The van der Waals surface area contributed by atoms with Crippen molar-refractivity contribution in [2.24, 2.45) is 11.5 Å². The summed E-state index contributed by atoms with van der Waals surface area (Å²) >= 11 is 0. The number of amides is 3. The van der Waals surface area contributed by atoms with Crippen LogP contribution >= 0.6 is 0 Å². The van der Waals surface area contributed by atoms with E-state index < -0.39 is 0 Å². The number of ether oxygens (including phenoxy) is 1. The van der Waals surface area contributed by atoms with Crippen molar-refractivity contribution >= 4 is 34.9 Å². The molecule has 0 spiro atoms. The molecule has 11 heteroatoms. The molecule has 244 valence electrons. The molecular formula is C36H41N7O4. The molecule has 0 saturated carbocycles. The third-order valence-corrected chi connectivity index (χ3v) is 8.08. The molecule has 0 radical (unpaired) electrons. The Kier molecular flexibility index (Phi) is 10.9. The molecule has 2 aliphatic carbocycles. The van der Waals surface area contributed by atoms with Crippen molar-refractivity contribution in [2.75, 3.05) is 22.6 Å². The lowest BCUT2D eigenvalue weighted by molar-refractivity contribution is -0.114. The summed E-state index contributed by atoms with van der Waals surface area (Å²) in [5, 5.41) is 8.39. The van der Waals surface area contributed by atoms with E-state index in [0.717, 1.165) is 49.9 Å². The van der Waals surface area contributed by atoms with Crippen molar-refractivity contribution in [2.45, 2.75) is 64.5 Å². The zero-order chi connectivity index (χ0) is 33.3. The summed E-state index contributed by atoms with van der Waals surface area (Å²) in [6.07, 6.45) is 8.72. The van der Waals surface area contributed by atoms with E-state index in [1.807, 2.05) is 37.3 Å². The Morgan fingerprint density at radius 2 is 1.26 bits per heavy atom. The van der Waals surface area contributed by atoms with Crippen molar-refractivity contribution in [1.82, 2.24) is 9.97 Å². The fourth-order valence-corrected chi connectivity index (χ4v) is 5.73. The number of aryl methyl sites for hydroxylation is 2. The number of carbonyl (C=O) groups is 3. The SMILES string of the molecule is CC(=O)Nc1cc(C(=O)Nc2ccc3c(c2)CC[C@H](N)C3)ccn1.CCOc1cc(C(=O)Nc2ccc3c(c2)CC[C@H](N)C3)ccn1. The highest BCUT2D eigenvalue weighted by Gasteiger charge is 2.18. The molecule has 0 aliphatic heterocycles. The molecule has 2 aliphatic rings. The Hall–Kier alpha value is -5.13. The first-order valence-electron chi connectivity index (χ1n) is 15.9. The number of hydrogen-bond acceptors (Lipinski definition) is 8. The van der Waals surface area contributed by atoms with Gasteiger partial charge in [0, 0.05) is 60.0 Å². The molecule has 0 bridgehead atoms. The summed E-state index contributed by atoms with van der Waals surface area (Å²) in [5.41, 5.74) is 19.6. The van der Waals surface area contributed by atoms with Gasteiger partial charge >= 0.3 is 0 Å². The van der Waals surface area contributed by atoms with E-state index in [1.54, 1.807) is 30.5 Å². The number of benzene rings is 2. The zero-order valence-electron chi connectivity index (χ0n) is 26.7. The molecule has 0 saturated heterocycles. The summed E-state index contributed by atoms with van der Waals surface area (Å²) < 4.78 is 5.33. The van der Waals surface area contributed by atoms with Crippen LogP contribution < -0.4 is 32.2 Å². The van der Waals surface area contributed by atoms with Crippen molar-refractivity contribution in [1.29, 1.82) is 0 Å². The molecule has 2 heterocycles. The van der Waals surface area contributed by atoms with Crippen molar-refractivity contribution in [3.63, 3.8) is 0 Å². The van der Waals surface area contributed by atoms with E-state index in [9.17, 15) is 14.4 Å². The minimum absolute atomic E-state index is 0.166. The number of anilines is 3. The van der Waals surface area contributed by atoms with Crippen LogP contribution in [0.25, 0.3) is 0 Å². The van der Waals surface area contributed by atoms with Gasteiger partial charge in [-0.25, -0.2) is 9.97 Å². The Morgan fingerprint density at radius 3 is 1.79 bits per heavy atom. The fourth-order valence-electron chi connectivity index (χ4n) is 5.73. The third kappa shape index (κ3) is 9.21. The summed E-state index contributed by atoms with van der Waals surface area (Å²) in [4.78, 5) is 43.9. The number of rotatable bonds is 7. The van der Waals surface area contributed by atoms with Crippen LogP contribution in [0.1, 0.15) is 69.7 Å². The standard InChI is InChI=1S/C18H20N4O2.C18H21N3O2/c1-11(23)21-17-10-14(6-7-20-17)18(24)22-16-5-3-12-8-15(19)4-2-13(12)9-16;1-2-23-17-11-14(7-8-20-17)18(22)21-16-6-4-12-9-15(19)5-3-13(12)10-16/h3,5-7,9-10,15H,2,4,8,19H2,1H3,(H,22,24)(H,20,21,23);4,6-8,10-11,15H,2-3,5,9,19H2,1H3,(H,21,22)/t2*15-/m00/s1. The highest BCUT2D eigenvalue weighted by atomic mass is 16.5. The van der Waals surface area contributed by atoms with Gasteiger partial charge in [0.15, 0.2) is 0 Å². The molecule has 6 rings (SSSR count). The van der Waals surface area contributed by atoms with Gasteiger partial charge in [0.25, 0.3) is 11.8 Å². The average molecular weight is 636 g/mol. The van der Waals surface area contributed by atoms with Crippen LogP contribution in [0, 0.1) is 0 Å². The number of nitrogens with zero attached hydrogens (tertiary/aromatic N) is 2. The number of carbonyl (C=O) groups excluding carboxylic acids is 3. The van der Waals surface area contributed by atoms with E-state index in [-0.39, 0.29) is 29.8 Å². The number of fused-ring (bicyclic) bond motifs is 2. The number of hydrogen-bond donors (Lipinski definition) is 5. The second-order valence-electron chi connectivity index (χ2n) is 11.8. The van der Waals surface area contributed by atoms with Gasteiger partial charge in [0.05, 0.1) is 6.61 Å². The quantitative estimate of drug-likeness (QED) is 0.195. The lowest BCUT2D eigenvalue weighted by Crippen LogP contribution is -2.27. The molecule has 47 heavy (non-hydrogen) atoms. The van der Waals surface area contributed by atoms with Crippen LogP contribution in [0.15, 0.2) is 73.1 Å². The van der Waals surface area contributed by atoms with E-state index in [2.05, 4.69) is 32.0 Å². The van der Waals surface area contributed by atoms with Gasteiger partial charge in [-0.05, 0) is 110 Å². The Bertz CT molecular complexity index is 1760. The molecule has 2 aromatic carbocycles. The number of pyridine rings is 2. The van der Waals surface area contributed by atoms with E-state index in [4.69, 9.17) is 16.2 Å². The molecule has 0 fully saturated rings. The Labute approximate surface area is 274 Å². The second-order valence-corrected chi connectivity index (χ2v) is 11.8. The number of nitrogens with one attached hydrogen (secondary N) is 3.